The Bertz CT molecular complexity index is 685. The number of rotatable bonds is 6. The highest BCUT2D eigenvalue weighted by atomic mass is 16.4. The topological polar surface area (TPSA) is 115 Å². The van der Waals surface area contributed by atoms with Gasteiger partial charge in [0.25, 0.3) is 11.7 Å². The van der Waals surface area contributed by atoms with E-state index in [0.29, 0.717) is 12.1 Å². The Morgan fingerprint density at radius 1 is 1.04 bits per heavy atom. The van der Waals surface area contributed by atoms with Gasteiger partial charge >= 0.3 is 11.9 Å². The van der Waals surface area contributed by atoms with Gasteiger partial charge < -0.3 is 20.0 Å². The number of fused-ring (bicyclic) bond motifs is 1. The number of carbonyl (C=O) groups excluding carboxylic acids is 2. The number of carbonyl (C=O) groups is 4. The van der Waals surface area contributed by atoms with Crippen LogP contribution in [0, 0.1) is 0 Å². The number of nitrogens with zero attached hydrogens (tertiary/aromatic N) is 2. The van der Waals surface area contributed by atoms with Crippen LogP contribution >= 0.6 is 0 Å². The van der Waals surface area contributed by atoms with Crippen LogP contribution in [0.15, 0.2) is 18.2 Å². The van der Waals surface area contributed by atoms with Gasteiger partial charge in [-0.05, 0) is 37.2 Å². The average molecular weight is 364 g/mol. The van der Waals surface area contributed by atoms with Crippen molar-refractivity contribution in [3.05, 3.63) is 29.3 Å². The number of hydrogen-bond acceptors (Lipinski definition) is 5. The lowest BCUT2D eigenvalue weighted by Gasteiger charge is -2.23. The van der Waals surface area contributed by atoms with Crippen LogP contribution in [0.2, 0.25) is 0 Å². The SMILES string of the molecule is CCc1ccc2c(c1)C(=O)C(=O)N2CCN(CC)CC.O=C(O)C(=O)O. The minimum atomic E-state index is -1.82. The van der Waals surface area contributed by atoms with E-state index in [4.69, 9.17) is 19.8 Å². The third kappa shape index (κ3) is 5.13. The van der Waals surface area contributed by atoms with E-state index < -0.39 is 11.9 Å². The predicted molar refractivity (Wildman–Crippen MR) is 95.6 cm³/mol. The summed E-state index contributed by atoms with van der Waals surface area (Å²) in [7, 11) is 0. The maximum atomic E-state index is 12.1. The van der Waals surface area contributed by atoms with Gasteiger partial charge in [-0.15, -0.1) is 0 Å². The van der Waals surface area contributed by atoms with Gasteiger partial charge in [0, 0.05) is 13.1 Å². The van der Waals surface area contributed by atoms with Crippen LogP contribution in [0.25, 0.3) is 0 Å². The number of hydrogen-bond donors (Lipinski definition) is 2. The first-order chi connectivity index (χ1) is 12.3. The Balaban J connectivity index is 0.000000487. The molecule has 142 valence electrons. The van der Waals surface area contributed by atoms with Crippen LogP contribution in [-0.2, 0) is 20.8 Å². The highest BCUT2D eigenvalue weighted by Crippen LogP contribution is 2.29. The molecule has 1 aromatic carbocycles. The molecule has 0 spiro atoms. The fourth-order valence-electron chi connectivity index (χ4n) is 2.57. The van der Waals surface area contributed by atoms with Gasteiger partial charge in [-0.2, -0.15) is 0 Å². The summed E-state index contributed by atoms with van der Waals surface area (Å²) in [6, 6.07) is 5.75. The molecule has 8 nitrogen and oxygen atoms in total. The molecular weight excluding hydrogens is 340 g/mol. The summed E-state index contributed by atoms with van der Waals surface area (Å²) in [5, 5.41) is 14.8. The number of anilines is 1. The van der Waals surface area contributed by atoms with Gasteiger partial charge in [0.05, 0.1) is 11.3 Å². The quantitative estimate of drug-likeness (QED) is 0.731. The molecule has 0 unspecified atom stereocenters. The van der Waals surface area contributed by atoms with Gasteiger partial charge in [-0.3, -0.25) is 9.59 Å². The lowest BCUT2D eigenvalue weighted by Crippen LogP contribution is -2.38. The van der Waals surface area contributed by atoms with Gasteiger partial charge in [0.1, 0.15) is 0 Å². The predicted octanol–water partition coefficient (Wildman–Crippen LogP) is 1.28. The van der Waals surface area contributed by atoms with Crippen LogP contribution in [0.3, 0.4) is 0 Å². The van der Waals surface area contributed by atoms with Crippen molar-refractivity contribution in [3.8, 4) is 0 Å². The molecule has 1 aromatic rings. The van der Waals surface area contributed by atoms with E-state index in [2.05, 4.69) is 18.7 Å². The normalized spacial score (nSPS) is 12.7. The Morgan fingerprint density at radius 3 is 2.08 bits per heavy atom. The zero-order chi connectivity index (χ0) is 19.9. The molecule has 8 heteroatoms. The van der Waals surface area contributed by atoms with Gasteiger partial charge in [0.15, 0.2) is 0 Å². The second kappa shape index (κ2) is 9.67. The highest BCUT2D eigenvalue weighted by Gasteiger charge is 2.35. The van der Waals surface area contributed by atoms with E-state index in [1.54, 1.807) is 4.90 Å². The smallest absolute Gasteiger partial charge is 0.414 e. The minimum Gasteiger partial charge on any atom is -0.473 e. The molecule has 2 rings (SSSR count). The second-order valence-electron chi connectivity index (χ2n) is 5.63. The zero-order valence-corrected chi connectivity index (χ0v) is 15.2. The Hall–Kier alpha value is -2.74. The third-order valence-electron chi connectivity index (χ3n) is 4.16. The third-order valence-corrected chi connectivity index (χ3v) is 4.16. The molecule has 0 aliphatic carbocycles. The van der Waals surface area contributed by atoms with Crippen LogP contribution in [0.4, 0.5) is 5.69 Å². The molecule has 0 saturated carbocycles. The molecule has 1 heterocycles. The molecule has 2 N–H and O–H groups in total. The van der Waals surface area contributed by atoms with Crippen LogP contribution in [-0.4, -0.2) is 64.9 Å². The van der Waals surface area contributed by atoms with E-state index in [-0.39, 0.29) is 11.7 Å². The largest absolute Gasteiger partial charge is 0.473 e. The first-order valence-corrected chi connectivity index (χ1v) is 8.44. The van der Waals surface area contributed by atoms with Crippen molar-refractivity contribution in [2.24, 2.45) is 0 Å². The van der Waals surface area contributed by atoms with Crippen molar-refractivity contribution in [1.82, 2.24) is 4.90 Å². The summed E-state index contributed by atoms with van der Waals surface area (Å²) in [6.45, 7) is 9.51. The Morgan fingerprint density at radius 2 is 1.62 bits per heavy atom. The molecule has 0 radical (unpaired) electrons. The number of amides is 1. The van der Waals surface area contributed by atoms with Gasteiger partial charge in [-0.25, -0.2) is 9.59 Å². The molecule has 0 atom stereocenters. The van der Waals surface area contributed by atoms with E-state index in [9.17, 15) is 9.59 Å². The summed E-state index contributed by atoms with van der Waals surface area (Å²) in [6.07, 6.45) is 0.869. The molecular formula is C18H24N2O6. The monoisotopic (exact) mass is 364 g/mol. The second-order valence-corrected chi connectivity index (χ2v) is 5.63. The van der Waals surface area contributed by atoms with Crippen LogP contribution in [0.1, 0.15) is 36.7 Å². The van der Waals surface area contributed by atoms with Crippen LogP contribution in [0.5, 0.6) is 0 Å². The molecule has 1 aliphatic rings. The van der Waals surface area contributed by atoms with Crippen molar-refractivity contribution in [2.75, 3.05) is 31.1 Å². The number of Topliss-reactive ketones (excluding diaryl/α,β-unsaturated/α-hetero) is 1. The Labute approximate surface area is 152 Å². The van der Waals surface area contributed by atoms with Gasteiger partial charge in [0.2, 0.25) is 0 Å². The molecule has 0 aromatic heterocycles. The van der Waals surface area contributed by atoms with Crippen molar-refractivity contribution >= 4 is 29.3 Å². The number of benzene rings is 1. The highest BCUT2D eigenvalue weighted by molar-refractivity contribution is 6.52. The maximum absolute atomic E-state index is 12.1. The summed E-state index contributed by atoms with van der Waals surface area (Å²) in [4.78, 5) is 46.2. The fraction of sp³-hybridized carbons (Fsp3) is 0.444. The summed E-state index contributed by atoms with van der Waals surface area (Å²) < 4.78 is 0. The lowest BCUT2D eigenvalue weighted by atomic mass is 10.1. The number of aliphatic carboxylic acids is 2. The van der Waals surface area contributed by atoms with Crippen molar-refractivity contribution in [2.45, 2.75) is 27.2 Å². The van der Waals surface area contributed by atoms with E-state index in [0.717, 1.165) is 37.3 Å². The average Bonchev–Trinajstić information content (AvgIpc) is 2.87. The number of carboxylic acid groups (broad SMARTS) is 2. The van der Waals surface area contributed by atoms with Crippen molar-refractivity contribution < 1.29 is 29.4 Å². The van der Waals surface area contributed by atoms with E-state index in [1.165, 1.54) is 0 Å². The summed E-state index contributed by atoms with van der Waals surface area (Å²) in [5.74, 6) is -4.40. The number of likely N-dealkylation sites (N-methyl/N-ethyl adjacent to an activating group) is 1. The molecule has 0 fully saturated rings. The molecule has 1 amide bonds. The van der Waals surface area contributed by atoms with Crippen LogP contribution < -0.4 is 4.90 Å². The summed E-state index contributed by atoms with van der Waals surface area (Å²) >= 11 is 0. The number of aryl methyl sites for hydroxylation is 1. The van der Waals surface area contributed by atoms with Crippen molar-refractivity contribution in [1.29, 1.82) is 0 Å². The van der Waals surface area contributed by atoms with E-state index >= 15 is 0 Å². The van der Waals surface area contributed by atoms with Gasteiger partial charge in [-0.1, -0.05) is 26.8 Å². The number of ketones is 1. The molecule has 0 saturated heterocycles. The summed E-state index contributed by atoms with van der Waals surface area (Å²) in [5.41, 5.74) is 2.42. The lowest BCUT2D eigenvalue weighted by molar-refractivity contribution is -0.159. The fourth-order valence-corrected chi connectivity index (χ4v) is 2.57. The van der Waals surface area contributed by atoms with Crippen molar-refractivity contribution in [3.63, 3.8) is 0 Å². The first-order valence-electron chi connectivity index (χ1n) is 8.44. The molecule has 0 bridgehead atoms. The zero-order valence-electron chi connectivity index (χ0n) is 15.2. The maximum Gasteiger partial charge on any atom is 0.414 e. The minimum absolute atomic E-state index is 0.366. The van der Waals surface area contributed by atoms with E-state index in [1.807, 2.05) is 25.1 Å². The molecule has 26 heavy (non-hydrogen) atoms. The Kier molecular flexibility index (Phi) is 7.92. The standard InChI is InChI=1S/C16H22N2O2.C2H2O4/c1-4-12-7-8-14-13(11-12)15(19)16(20)18(14)10-9-17(5-2)6-3;3-1(4)2(5)6/h7-8,11H,4-6,9-10H2,1-3H3;(H,3,4)(H,5,6). The first kappa shape index (κ1) is 21.3. The molecule has 1 aliphatic heterocycles. The number of carboxylic acids is 2.